The van der Waals surface area contributed by atoms with E-state index in [1.807, 2.05) is 6.92 Å². The summed E-state index contributed by atoms with van der Waals surface area (Å²) in [4.78, 5) is 32.6. The van der Waals surface area contributed by atoms with Crippen LogP contribution in [-0.4, -0.2) is 28.9 Å². The van der Waals surface area contributed by atoms with Crippen molar-refractivity contribution < 1.29 is 19.5 Å². The quantitative estimate of drug-likeness (QED) is 0.527. The summed E-state index contributed by atoms with van der Waals surface area (Å²) in [5, 5.41) is 11.1. The molecular formula is C11H18N2O4. The summed E-state index contributed by atoms with van der Waals surface area (Å²) in [5.74, 6) is -2.24. The summed E-state index contributed by atoms with van der Waals surface area (Å²) in [5.41, 5.74) is 4.91. The van der Waals surface area contributed by atoms with Gasteiger partial charge in [-0.3, -0.25) is 9.59 Å². The summed E-state index contributed by atoms with van der Waals surface area (Å²) in [7, 11) is 0. The molecule has 2 amide bonds. The second kappa shape index (κ2) is 8.32. The molecule has 0 spiro atoms. The van der Waals surface area contributed by atoms with Gasteiger partial charge in [0, 0.05) is 6.42 Å². The van der Waals surface area contributed by atoms with E-state index in [1.165, 1.54) is 6.08 Å². The summed E-state index contributed by atoms with van der Waals surface area (Å²) < 4.78 is 0. The molecule has 0 bridgehead atoms. The van der Waals surface area contributed by atoms with Crippen LogP contribution in [-0.2, 0) is 14.4 Å². The normalized spacial score (nSPS) is 12.3. The highest BCUT2D eigenvalue weighted by atomic mass is 16.4. The summed E-state index contributed by atoms with van der Waals surface area (Å²) >= 11 is 0. The first-order valence-electron chi connectivity index (χ1n) is 5.45. The summed E-state index contributed by atoms with van der Waals surface area (Å²) in [6.07, 6.45) is 4.56. The number of nitrogens with one attached hydrogen (secondary N) is 1. The van der Waals surface area contributed by atoms with Gasteiger partial charge in [0.15, 0.2) is 0 Å². The fourth-order valence-electron chi connectivity index (χ4n) is 1.12. The van der Waals surface area contributed by atoms with E-state index in [0.29, 0.717) is 0 Å². The minimum absolute atomic E-state index is 0.00196. The van der Waals surface area contributed by atoms with Crippen molar-refractivity contribution in [3.05, 3.63) is 12.2 Å². The molecule has 6 nitrogen and oxygen atoms in total. The molecule has 0 saturated carbocycles. The van der Waals surface area contributed by atoms with Crippen molar-refractivity contribution >= 4 is 17.8 Å². The minimum Gasteiger partial charge on any atom is -0.480 e. The average Bonchev–Trinajstić information content (AvgIpc) is 2.23. The summed E-state index contributed by atoms with van der Waals surface area (Å²) in [6, 6.07) is -1.08. The van der Waals surface area contributed by atoms with E-state index in [0.717, 1.165) is 12.8 Å². The third-order valence-corrected chi connectivity index (χ3v) is 2.02. The SMILES string of the molecule is CCCC=CC(=O)N[C@@H](CCC(N)=O)C(=O)O. The standard InChI is InChI=1S/C11H18N2O4/c1-2-3-4-5-10(15)13-8(11(16)17)6-7-9(12)14/h4-5,8H,2-3,6-7H2,1H3,(H2,12,14)(H,13,15)(H,16,17)/t8-/m0/s1. The molecule has 96 valence electrons. The Morgan fingerprint density at radius 2 is 2.06 bits per heavy atom. The number of carboxylic acids is 1. The lowest BCUT2D eigenvalue weighted by molar-refractivity contribution is -0.141. The number of hydrogen-bond acceptors (Lipinski definition) is 3. The monoisotopic (exact) mass is 242 g/mol. The molecule has 0 aromatic carbocycles. The number of carboxylic acid groups (broad SMARTS) is 1. The Morgan fingerprint density at radius 3 is 2.53 bits per heavy atom. The molecule has 0 radical (unpaired) electrons. The Labute approximate surface area is 99.9 Å². The number of primary amides is 1. The largest absolute Gasteiger partial charge is 0.480 e. The molecule has 0 aliphatic rings. The van der Waals surface area contributed by atoms with Crippen LogP contribution in [0.1, 0.15) is 32.6 Å². The van der Waals surface area contributed by atoms with Crippen molar-refractivity contribution in [1.82, 2.24) is 5.32 Å². The molecule has 6 heteroatoms. The molecule has 0 aromatic heterocycles. The second-order valence-corrected chi connectivity index (χ2v) is 3.60. The van der Waals surface area contributed by atoms with E-state index in [9.17, 15) is 14.4 Å². The van der Waals surface area contributed by atoms with Crippen molar-refractivity contribution in [2.24, 2.45) is 5.73 Å². The topological polar surface area (TPSA) is 109 Å². The van der Waals surface area contributed by atoms with Gasteiger partial charge in [0.05, 0.1) is 0 Å². The van der Waals surface area contributed by atoms with Crippen molar-refractivity contribution in [3.63, 3.8) is 0 Å². The lowest BCUT2D eigenvalue weighted by atomic mass is 10.1. The zero-order chi connectivity index (χ0) is 13.3. The molecule has 0 aliphatic heterocycles. The first-order valence-corrected chi connectivity index (χ1v) is 5.45. The second-order valence-electron chi connectivity index (χ2n) is 3.60. The Morgan fingerprint density at radius 1 is 1.41 bits per heavy atom. The maximum atomic E-state index is 11.3. The average molecular weight is 242 g/mol. The zero-order valence-electron chi connectivity index (χ0n) is 9.81. The van der Waals surface area contributed by atoms with Crippen LogP contribution in [0.5, 0.6) is 0 Å². The van der Waals surface area contributed by atoms with Crippen LogP contribution in [0.3, 0.4) is 0 Å². The maximum absolute atomic E-state index is 11.3. The number of nitrogens with two attached hydrogens (primary N) is 1. The molecule has 0 aromatic rings. The van der Waals surface area contributed by atoms with Gasteiger partial charge in [-0.1, -0.05) is 19.4 Å². The van der Waals surface area contributed by atoms with Gasteiger partial charge in [-0.2, -0.15) is 0 Å². The third-order valence-electron chi connectivity index (χ3n) is 2.02. The fraction of sp³-hybridized carbons (Fsp3) is 0.545. The molecule has 0 fully saturated rings. The molecular weight excluding hydrogens is 224 g/mol. The van der Waals surface area contributed by atoms with Crippen LogP contribution in [0.2, 0.25) is 0 Å². The van der Waals surface area contributed by atoms with Gasteiger partial charge in [-0.25, -0.2) is 4.79 Å². The predicted octanol–water partition coefficient (Wildman–Crippen LogP) is 0.178. The van der Waals surface area contributed by atoms with Gasteiger partial charge in [-0.15, -0.1) is 0 Å². The first kappa shape index (κ1) is 15.2. The van der Waals surface area contributed by atoms with E-state index in [2.05, 4.69) is 5.32 Å². The lowest BCUT2D eigenvalue weighted by Gasteiger charge is -2.11. The van der Waals surface area contributed by atoms with Gasteiger partial charge in [0.1, 0.15) is 6.04 Å². The molecule has 0 aliphatic carbocycles. The molecule has 0 unspecified atom stereocenters. The molecule has 0 saturated heterocycles. The number of aliphatic carboxylic acids is 1. The van der Waals surface area contributed by atoms with Gasteiger partial charge < -0.3 is 16.2 Å². The van der Waals surface area contributed by atoms with E-state index in [4.69, 9.17) is 10.8 Å². The number of unbranched alkanes of at least 4 members (excludes halogenated alkanes) is 1. The molecule has 0 heterocycles. The number of carbonyl (C=O) groups excluding carboxylic acids is 2. The maximum Gasteiger partial charge on any atom is 0.326 e. The number of rotatable bonds is 8. The molecule has 1 atom stereocenters. The van der Waals surface area contributed by atoms with Crippen molar-refractivity contribution in [1.29, 1.82) is 0 Å². The number of carbonyl (C=O) groups is 3. The van der Waals surface area contributed by atoms with Crippen LogP contribution in [0.4, 0.5) is 0 Å². The van der Waals surface area contributed by atoms with E-state index in [1.54, 1.807) is 6.08 Å². The Hall–Kier alpha value is -1.85. The smallest absolute Gasteiger partial charge is 0.326 e. The minimum atomic E-state index is -1.18. The van der Waals surface area contributed by atoms with Crippen LogP contribution in [0.25, 0.3) is 0 Å². The third kappa shape index (κ3) is 8.01. The van der Waals surface area contributed by atoms with Gasteiger partial charge in [0.2, 0.25) is 11.8 Å². The molecule has 17 heavy (non-hydrogen) atoms. The highest BCUT2D eigenvalue weighted by Crippen LogP contribution is 1.98. The highest BCUT2D eigenvalue weighted by molar-refractivity contribution is 5.91. The van der Waals surface area contributed by atoms with Crippen molar-refractivity contribution in [3.8, 4) is 0 Å². The van der Waals surface area contributed by atoms with E-state index >= 15 is 0 Å². The Balaban J connectivity index is 4.20. The van der Waals surface area contributed by atoms with Crippen molar-refractivity contribution in [2.45, 2.75) is 38.6 Å². The van der Waals surface area contributed by atoms with Crippen molar-refractivity contribution in [2.75, 3.05) is 0 Å². The number of hydrogen-bond donors (Lipinski definition) is 3. The fourth-order valence-corrected chi connectivity index (χ4v) is 1.12. The number of amides is 2. The van der Waals surface area contributed by atoms with Gasteiger partial charge >= 0.3 is 5.97 Å². The van der Waals surface area contributed by atoms with Crippen LogP contribution < -0.4 is 11.1 Å². The highest BCUT2D eigenvalue weighted by Gasteiger charge is 2.19. The summed E-state index contributed by atoms with van der Waals surface area (Å²) in [6.45, 7) is 1.97. The van der Waals surface area contributed by atoms with Crippen LogP contribution in [0, 0.1) is 0 Å². The molecule has 4 N–H and O–H groups in total. The molecule has 0 rings (SSSR count). The van der Waals surface area contributed by atoms with Crippen LogP contribution >= 0.6 is 0 Å². The van der Waals surface area contributed by atoms with Gasteiger partial charge in [-0.05, 0) is 18.9 Å². The zero-order valence-corrected chi connectivity index (χ0v) is 9.81. The van der Waals surface area contributed by atoms with Crippen LogP contribution in [0.15, 0.2) is 12.2 Å². The van der Waals surface area contributed by atoms with Gasteiger partial charge in [0.25, 0.3) is 0 Å². The van der Waals surface area contributed by atoms with E-state index < -0.39 is 23.8 Å². The number of allylic oxidation sites excluding steroid dienone is 1. The predicted molar refractivity (Wildman–Crippen MR) is 62.0 cm³/mol. The Bertz CT molecular complexity index is 313. The first-order chi connectivity index (χ1) is 7.97. The van der Waals surface area contributed by atoms with E-state index in [-0.39, 0.29) is 12.8 Å². The lowest BCUT2D eigenvalue weighted by Crippen LogP contribution is -2.40. The Kier molecular flexibility index (Phi) is 7.41.